The lowest BCUT2D eigenvalue weighted by Gasteiger charge is -2.38. The average molecular weight is 452 g/mol. The summed E-state index contributed by atoms with van der Waals surface area (Å²) in [5.41, 5.74) is 1.47. The molecule has 0 aliphatic carbocycles. The summed E-state index contributed by atoms with van der Waals surface area (Å²) in [4.78, 5) is 19.0. The van der Waals surface area contributed by atoms with Crippen molar-refractivity contribution >= 4 is 29.1 Å². The summed E-state index contributed by atoms with van der Waals surface area (Å²) >= 11 is 11.7. The van der Waals surface area contributed by atoms with Crippen LogP contribution in [0.2, 0.25) is 10.0 Å². The molecular formula is C22H24Cl2FN3O2. The zero-order chi connectivity index (χ0) is 21.3. The Morgan fingerprint density at radius 2 is 1.73 bits per heavy atom. The Labute approximate surface area is 185 Å². The molecule has 2 fully saturated rings. The maximum atomic E-state index is 13.7. The molecule has 1 N–H and O–H groups in total. The van der Waals surface area contributed by atoms with Crippen LogP contribution in [0.15, 0.2) is 42.5 Å². The first-order valence-corrected chi connectivity index (χ1v) is 10.8. The number of piperazine rings is 1. The molecule has 5 nitrogen and oxygen atoms in total. The predicted octanol–water partition coefficient (Wildman–Crippen LogP) is 3.14. The van der Waals surface area contributed by atoms with Crippen molar-refractivity contribution in [2.75, 3.05) is 39.3 Å². The van der Waals surface area contributed by atoms with Crippen LogP contribution in [-0.4, -0.2) is 77.1 Å². The number of aliphatic hydroxyl groups excluding tert-OH is 1. The number of benzene rings is 2. The monoisotopic (exact) mass is 451 g/mol. The Morgan fingerprint density at radius 3 is 2.40 bits per heavy atom. The maximum Gasteiger partial charge on any atom is 0.254 e. The Balaban J connectivity index is 1.32. The summed E-state index contributed by atoms with van der Waals surface area (Å²) in [5.74, 6) is -0.899. The van der Waals surface area contributed by atoms with E-state index in [1.54, 1.807) is 4.90 Å². The molecule has 4 rings (SSSR count). The molecule has 0 spiro atoms. The van der Waals surface area contributed by atoms with Gasteiger partial charge < -0.3 is 10.0 Å². The summed E-state index contributed by atoms with van der Waals surface area (Å²) in [5, 5.41) is 11.3. The lowest BCUT2D eigenvalue weighted by Crippen LogP contribution is -2.53. The first-order valence-electron chi connectivity index (χ1n) is 10.0. The molecule has 2 aliphatic heterocycles. The average Bonchev–Trinajstić information content (AvgIpc) is 3.13. The van der Waals surface area contributed by atoms with Crippen molar-refractivity contribution in [1.82, 2.24) is 14.7 Å². The van der Waals surface area contributed by atoms with E-state index >= 15 is 0 Å². The number of nitrogens with zero attached hydrogens (tertiary/aromatic N) is 3. The van der Waals surface area contributed by atoms with Crippen LogP contribution in [0.3, 0.4) is 0 Å². The van der Waals surface area contributed by atoms with Crippen molar-refractivity contribution in [2.45, 2.75) is 18.7 Å². The number of halogens is 3. The number of rotatable bonds is 4. The van der Waals surface area contributed by atoms with Gasteiger partial charge in [-0.1, -0.05) is 35.3 Å². The van der Waals surface area contributed by atoms with Gasteiger partial charge in [0.05, 0.1) is 17.2 Å². The fraction of sp³-hybridized carbons (Fsp3) is 0.409. The van der Waals surface area contributed by atoms with Gasteiger partial charge >= 0.3 is 0 Å². The second-order valence-corrected chi connectivity index (χ2v) is 8.76. The van der Waals surface area contributed by atoms with E-state index in [0.717, 1.165) is 43.8 Å². The summed E-state index contributed by atoms with van der Waals surface area (Å²) < 4.78 is 13.7. The van der Waals surface area contributed by atoms with Crippen LogP contribution in [-0.2, 0) is 6.54 Å². The first-order chi connectivity index (χ1) is 14.4. The minimum Gasteiger partial charge on any atom is -0.390 e. The van der Waals surface area contributed by atoms with Crippen molar-refractivity contribution in [3.05, 3.63) is 69.5 Å². The molecule has 0 aromatic heterocycles. The highest BCUT2D eigenvalue weighted by molar-refractivity contribution is 6.31. The van der Waals surface area contributed by atoms with Gasteiger partial charge in [0.25, 0.3) is 5.91 Å². The van der Waals surface area contributed by atoms with Gasteiger partial charge in [-0.25, -0.2) is 4.39 Å². The third kappa shape index (κ3) is 4.79. The molecule has 0 radical (unpaired) electrons. The van der Waals surface area contributed by atoms with E-state index in [0.29, 0.717) is 6.54 Å². The van der Waals surface area contributed by atoms with Gasteiger partial charge in [-0.05, 0) is 35.9 Å². The highest BCUT2D eigenvalue weighted by Gasteiger charge is 2.39. The second-order valence-electron chi connectivity index (χ2n) is 7.91. The Kier molecular flexibility index (Phi) is 6.60. The van der Waals surface area contributed by atoms with E-state index in [-0.39, 0.29) is 29.1 Å². The number of β-amino-alcohol motifs (C(OH)–C–C–N with tert-alkyl or cyclic N) is 1. The van der Waals surface area contributed by atoms with E-state index in [9.17, 15) is 14.3 Å². The number of aliphatic hydroxyl groups is 1. The molecule has 0 saturated carbocycles. The zero-order valence-corrected chi connectivity index (χ0v) is 18.0. The predicted molar refractivity (Wildman–Crippen MR) is 115 cm³/mol. The molecule has 8 heteroatoms. The molecule has 160 valence electrons. The molecule has 1 amide bonds. The lowest BCUT2D eigenvalue weighted by atomic mass is 10.1. The van der Waals surface area contributed by atoms with Gasteiger partial charge in [-0.15, -0.1) is 0 Å². The van der Waals surface area contributed by atoms with Gasteiger partial charge in [0.2, 0.25) is 0 Å². The van der Waals surface area contributed by atoms with Gasteiger partial charge in [0.15, 0.2) is 0 Å². The number of carbonyl (C=O) groups is 1. The molecule has 2 unspecified atom stereocenters. The van der Waals surface area contributed by atoms with Crippen molar-refractivity contribution in [1.29, 1.82) is 0 Å². The topological polar surface area (TPSA) is 47.0 Å². The number of hydrogen-bond donors (Lipinski definition) is 1. The zero-order valence-electron chi connectivity index (χ0n) is 16.5. The number of likely N-dealkylation sites (tertiary alicyclic amines) is 1. The van der Waals surface area contributed by atoms with Crippen molar-refractivity contribution in [3.8, 4) is 0 Å². The number of amides is 1. The summed E-state index contributed by atoms with van der Waals surface area (Å²) in [6.45, 7) is 4.98. The molecule has 0 bridgehead atoms. The van der Waals surface area contributed by atoms with Crippen LogP contribution in [0.4, 0.5) is 4.39 Å². The minimum absolute atomic E-state index is 0.0117. The Bertz CT molecular complexity index is 904. The number of hydrogen-bond acceptors (Lipinski definition) is 4. The second kappa shape index (κ2) is 9.20. The van der Waals surface area contributed by atoms with E-state index < -0.39 is 11.9 Å². The van der Waals surface area contributed by atoms with Crippen LogP contribution in [0.25, 0.3) is 0 Å². The molecular weight excluding hydrogens is 428 g/mol. The van der Waals surface area contributed by atoms with Gasteiger partial charge in [-0.2, -0.15) is 0 Å². The van der Waals surface area contributed by atoms with Crippen LogP contribution >= 0.6 is 23.2 Å². The smallest absolute Gasteiger partial charge is 0.254 e. The Hall–Kier alpha value is -1.70. The van der Waals surface area contributed by atoms with E-state index in [1.165, 1.54) is 17.7 Å². The van der Waals surface area contributed by atoms with Crippen molar-refractivity contribution < 1.29 is 14.3 Å². The van der Waals surface area contributed by atoms with Crippen molar-refractivity contribution in [2.24, 2.45) is 0 Å². The fourth-order valence-corrected chi connectivity index (χ4v) is 4.45. The molecule has 2 aromatic rings. The molecule has 2 saturated heterocycles. The van der Waals surface area contributed by atoms with Crippen LogP contribution in [0.5, 0.6) is 0 Å². The molecule has 2 heterocycles. The molecule has 2 atom stereocenters. The summed E-state index contributed by atoms with van der Waals surface area (Å²) in [6, 6.07) is 11.8. The summed E-state index contributed by atoms with van der Waals surface area (Å²) in [7, 11) is 0. The van der Waals surface area contributed by atoms with E-state index in [4.69, 9.17) is 23.2 Å². The van der Waals surface area contributed by atoms with Gasteiger partial charge in [-0.3, -0.25) is 14.6 Å². The summed E-state index contributed by atoms with van der Waals surface area (Å²) in [6.07, 6.45) is -0.617. The first kappa shape index (κ1) is 21.5. The fourth-order valence-electron chi connectivity index (χ4n) is 4.21. The third-order valence-electron chi connectivity index (χ3n) is 5.91. The molecule has 2 aromatic carbocycles. The standard InChI is InChI=1S/C22H24Cl2FN3O2/c23-17-4-1-15(2-5-17)12-26-7-9-27(10-8-26)20-13-28(14-21(20)29)22(30)16-3-6-18(24)19(25)11-16/h1-6,11,20-21,29H,7-10,12-14H2. The molecule has 2 aliphatic rings. The van der Waals surface area contributed by atoms with Crippen LogP contribution in [0.1, 0.15) is 15.9 Å². The normalized spacial score (nSPS) is 23.1. The Morgan fingerprint density at radius 1 is 1.03 bits per heavy atom. The quantitative estimate of drug-likeness (QED) is 0.775. The largest absolute Gasteiger partial charge is 0.390 e. The minimum atomic E-state index is -0.617. The highest BCUT2D eigenvalue weighted by Crippen LogP contribution is 2.23. The molecule has 30 heavy (non-hydrogen) atoms. The van der Waals surface area contributed by atoms with Crippen molar-refractivity contribution in [3.63, 3.8) is 0 Å². The highest BCUT2D eigenvalue weighted by atomic mass is 35.5. The number of carbonyl (C=O) groups excluding carboxylic acids is 1. The lowest BCUT2D eigenvalue weighted by molar-refractivity contribution is 0.0423. The van der Waals surface area contributed by atoms with Crippen LogP contribution < -0.4 is 0 Å². The maximum absolute atomic E-state index is 13.7. The van der Waals surface area contributed by atoms with Gasteiger partial charge in [0.1, 0.15) is 5.82 Å². The van der Waals surface area contributed by atoms with E-state index in [2.05, 4.69) is 9.80 Å². The van der Waals surface area contributed by atoms with Crippen LogP contribution in [0, 0.1) is 5.82 Å². The van der Waals surface area contributed by atoms with E-state index in [1.807, 2.05) is 24.3 Å². The van der Waals surface area contributed by atoms with Gasteiger partial charge in [0, 0.05) is 56.4 Å². The third-order valence-corrected chi connectivity index (χ3v) is 6.47. The SMILES string of the molecule is O=C(c1ccc(Cl)c(F)c1)N1CC(O)C(N2CCN(Cc3ccc(Cl)cc3)CC2)C1.